The highest BCUT2D eigenvalue weighted by molar-refractivity contribution is 6.30. The maximum atomic E-state index is 6.24. The first-order valence-electron chi connectivity index (χ1n) is 9.14. The molecule has 1 aliphatic carbocycles. The Balaban J connectivity index is 1.88. The average molecular weight is 354 g/mol. The SMILES string of the molecule is Cc1cc(C)n2c(NC3CCCCC3)c(-c3cccc(Cl)c3)nc2c1. The van der Waals surface area contributed by atoms with Gasteiger partial charge in [0.25, 0.3) is 0 Å². The first kappa shape index (κ1) is 16.5. The number of hydrogen-bond acceptors (Lipinski definition) is 2. The lowest BCUT2D eigenvalue weighted by Crippen LogP contribution is -2.23. The van der Waals surface area contributed by atoms with Crippen molar-refractivity contribution in [1.29, 1.82) is 0 Å². The van der Waals surface area contributed by atoms with E-state index in [1.807, 2.05) is 18.2 Å². The molecule has 0 spiro atoms. The van der Waals surface area contributed by atoms with E-state index in [4.69, 9.17) is 16.6 Å². The van der Waals surface area contributed by atoms with Crippen LogP contribution < -0.4 is 5.32 Å². The van der Waals surface area contributed by atoms with E-state index in [0.29, 0.717) is 6.04 Å². The highest BCUT2D eigenvalue weighted by atomic mass is 35.5. The van der Waals surface area contributed by atoms with Crippen LogP contribution in [-0.2, 0) is 0 Å². The lowest BCUT2D eigenvalue weighted by molar-refractivity contribution is 0.461. The van der Waals surface area contributed by atoms with Crippen molar-refractivity contribution in [2.75, 3.05) is 5.32 Å². The molecule has 1 aliphatic rings. The van der Waals surface area contributed by atoms with Gasteiger partial charge >= 0.3 is 0 Å². The van der Waals surface area contributed by atoms with Gasteiger partial charge in [0.15, 0.2) is 0 Å². The molecule has 3 aromatic rings. The zero-order valence-corrected chi connectivity index (χ0v) is 15.6. The first-order valence-corrected chi connectivity index (χ1v) is 9.52. The molecule has 1 aromatic carbocycles. The van der Waals surface area contributed by atoms with Crippen LogP contribution in [0.15, 0.2) is 36.4 Å². The Kier molecular flexibility index (Phi) is 4.43. The molecule has 0 amide bonds. The summed E-state index contributed by atoms with van der Waals surface area (Å²) in [7, 11) is 0. The van der Waals surface area contributed by atoms with E-state index in [0.717, 1.165) is 27.7 Å². The second kappa shape index (κ2) is 6.72. The Morgan fingerprint density at radius 1 is 1.08 bits per heavy atom. The third-order valence-electron chi connectivity index (χ3n) is 5.09. The molecule has 0 aliphatic heterocycles. The molecular formula is C21H24ClN3. The Hall–Kier alpha value is -2.00. The Labute approximate surface area is 154 Å². The maximum absolute atomic E-state index is 6.24. The molecule has 2 heterocycles. The van der Waals surface area contributed by atoms with Crippen LogP contribution in [0.4, 0.5) is 5.82 Å². The van der Waals surface area contributed by atoms with Crippen molar-refractivity contribution in [3.63, 3.8) is 0 Å². The van der Waals surface area contributed by atoms with Gasteiger partial charge in [-0.05, 0) is 56.5 Å². The molecule has 1 fully saturated rings. The summed E-state index contributed by atoms with van der Waals surface area (Å²) in [6.45, 7) is 4.27. The molecule has 0 unspecified atom stereocenters. The van der Waals surface area contributed by atoms with Crippen molar-refractivity contribution in [3.05, 3.63) is 52.7 Å². The minimum Gasteiger partial charge on any atom is -0.367 e. The van der Waals surface area contributed by atoms with E-state index in [2.05, 4.69) is 41.8 Å². The number of aromatic nitrogens is 2. The molecular weight excluding hydrogens is 330 g/mol. The molecule has 0 atom stereocenters. The molecule has 0 saturated heterocycles. The van der Waals surface area contributed by atoms with Crippen molar-refractivity contribution in [2.24, 2.45) is 0 Å². The first-order chi connectivity index (χ1) is 12.1. The molecule has 1 N–H and O–H groups in total. The van der Waals surface area contributed by atoms with Crippen LogP contribution >= 0.6 is 11.6 Å². The second-order valence-corrected chi connectivity index (χ2v) is 7.60. The summed E-state index contributed by atoms with van der Waals surface area (Å²) in [6, 6.07) is 12.9. The molecule has 4 heteroatoms. The smallest absolute Gasteiger partial charge is 0.139 e. The number of pyridine rings is 1. The van der Waals surface area contributed by atoms with E-state index in [1.54, 1.807) is 0 Å². The number of nitrogens with one attached hydrogen (secondary N) is 1. The molecule has 3 nitrogen and oxygen atoms in total. The molecule has 1 saturated carbocycles. The summed E-state index contributed by atoms with van der Waals surface area (Å²) in [5.74, 6) is 1.10. The minimum absolute atomic E-state index is 0.521. The van der Waals surface area contributed by atoms with Crippen molar-refractivity contribution >= 4 is 23.1 Å². The number of imidazole rings is 1. The quantitative estimate of drug-likeness (QED) is 0.624. The number of hydrogen-bond donors (Lipinski definition) is 1. The van der Waals surface area contributed by atoms with Gasteiger partial charge in [-0.25, -0.2) is 4.98 Å². The lowest BCUT2D eigenvalue weighted by atomic mass is 9.95. The topological polar surface area (TPSA) is 29.3 Å². The third-order valence-corrected chi connectivity index (χ3v) is 5.33. The van der Waals surface area contributed by atoms with E-state index < -0.39 is 0 Å². The summed E-state index contributed by atoms with van der Waals surface area (Å²) in [6.07, 6.45) is 6.42. The fourth-order valence-electron chi connectivity index (χ4n) is 3.94. The van der Waals surface area contributed by atoms with E-state index >= 15 is 0 Å². The normalized spacial score (nSPS) is 15.6. The largest absolute Gasteiger partial charge is 0.367 e. The number of anilines is 1. The van der Waals surface area contributed by atoms with Crippen LogP contribution in [0.2, 0.25) is 5.02 Å². The van der Waals surface area contributed by atoms with Crippen LogP contribution in [-0.4, -0.2) is 15.4 Å². The van der Waals surface area contributed by atoms with Gasteiger partial charge in [0.05, 0.1) is 0 Å². The van der Waals surface area contributed by atoms with Gasteiger partial charge in [0.2, 0.25) is 0 Å². The summed E-state index contributed by atoms with van der Waals surface area (Å²) >= 11 is 6.24. The van der Waals surface area contributed by atoms with E-state index in [-0.39, 0.29) is 0 Å². The van der Waals surface area contributed by atoms with E-state index in [9.17, 15) is 0 Å². The predicted molar refractivity (Wildman–Crippen MR) is 106 cm³/mol. The van der Waals surface area contributed by atoms with Crippen LogP contribution in [0.5, 0.6) is 0 Å². The van der Waals surface area contributed by atoms with Gasteiger partial charge in [-0.3, -0.25) is 4.40 Å². The Morgan fingerprint density at radius 3 is 2.64 bits per heavy atom. The van der Waals surface area contributed by atoms with Gasteiger partial charge < -0.3 is 5.32 Å². The lowest BCUT2D eigenvalue weighted by Gasteiger charge is -2.24. The number of fused-ring (bicyclic) bond motifs is 1. The zero-order chi connectivity index (χ0) is 17.4. The van der Waals surface area contributed by atoms with Crippen LogP contribution in [0, 0.1) is 13.8 Å². The number of rotatable bonds is 3. The number of nitrogens with zero attached hydrogens (tertiary/aromatic N) is 2. The van der Waals surface area contributed by atoms with Gasteiger partial charge in [-0.1, -0.05) is 43.0 Å². The molecule has 2 aromatic heterocycles. The fourth-order valence-corrected chi connectivity index (χ4v) is 4.13. The number of benzene rings is 1. The van der Waals surface area contributed by atoms with Gasteiger partial charge in [0.1, 0.15) is 17.2 Å². The van der Waals surface area contributed by atoms with Gasteiger partial charge in [0, 0.05) is 22.3 Å². The highest BCUT2D eigenvalue weighted by Crippen LogP contribution is 2.33. The molecule has 4 rings (SSSR count). The van der Waals surface area contributed by atoms with Crippen LogP contribution in [0.1, 0.15) is 43.4 Å². The predicted octanol–water partition coefficient (Wildman–Crippen LogP) is 6.02. The van der Waals surface area contributed by atoms with Gasteiger partial charge in [-0.15, -0.1) is 0 Å². The zero-order valence-electron chi connectivity index (χ0n) is 14.8. The summed E-state index contributed by atoms with van der Waals surface area (Å²) in [5, 5.41) is 4.55. The molecule has 130 valence electrons. The number of aryl methyl sites for hydroxylation is 2. The van der Waals surface area contributed by atoms with Crippen LogP contribution in [0.3, 0.4) is 0 Å². The minimum atomic E-state index is 0.521. The third kappa shape index (κ3) is 3.25. The average Bonchev–Trinajstić information content (AvgIpc) is 2.94. The Morgan fingerprint density at radius 2 is 1.88 bits per heavy atom. The monoisotopic (exact) mass is 353 g/mol. The fraction of sp³-hybridized carbons (Fsp3) is 0.381. The van der Waals surface area contributed by atoms with E-state index in [1.165, 1.54) is 43.4 Å². The highest BCUT2D eigenvalue weighted by Gasteiger charge is 2.20. The summed E-state index contributed by atoms with van der Waals surface area (Å²) in [5.41, 5.74) is 5.48. The molecule has 0 bridgehead atoms. The standard InChI is InChI=1S/C21H24ClN3/c1-14-11-15(2)25-19(12-14)24-20(16-7-6-8-17(22)13-16)21(25)23-18-9-4-3-5-10-18/h6-8,11-13,18,23H,3-5,9-10H2,1-2H3. The van der Waals surface area contributed by atoms with Crippen molar-refractivity contribution in [3.8, 4) is 11.3 Å². The number of halogens is 1. The maximum Gasteiger partial charge on any atom is 0.139 e. The Bertz CT molecular complexity index is 907. The second-order valence-electron chi connectivity index (χ2n) is 7.17. The van der Waals surface area contributed by atoms with Gasteiger partial charge in [-0.2, -0.15) is 0 Å². The van der Waals surface area contributed by atoms with Crippen LogP contribution in [0.25, 0.3) is 16.9 Å². The molecule has 0 radical (unpaired) electrons. The summed E-state index contributed by atoms with van der Waals surface area (Å²) < 4.78 is 2.25. The van der Waals surface area contributed by atoms with Crippen molar-refractivity contribution in [1.82, 2.24) is 9.38 Å². The van der Waals surface area contributed by atoms with Crippen molar-refractivity contribution in [2.45, 2.75) is 52.0 Å². The van der Waals surface area contributed by atoms with Crippen molar-refractivity contribution < 1.29 is 0 Å². The summed E-state index contributed by atoms with van der Waals surface area (Å²) in [4.78, 5) is 4.95. The molecule has 25 heavy (non-hydrogen) atoms.